The van der Waals surface area contributed by atoms with Crippen LogP contribution in [0.5, 0.6) is 0 Å². The first-order chi connectivity index (χ1) is 10.3. The quantitative estimate of drug-likeness (QED) is 0.882. The fourth-order valence-electron chi connectivity index (χ4n) is 2.82. The van der Waals surface area contributed by atoms with Gasteiger partial charge in [-0.2, -0.15) is 0 Å². The monoisotopic (exact) mass is 286 g/mol. The SMILES string of the molecule is CC(NCc1nnc2n1CCCC2)c1cccc(CO)c1. The van der Waals surface area contributed by atoms with E-state index in [-0.39, 0.29) is 12.6 Å². The Morgan fingerprint density at radius 2 is 2.24 bits per heavy atom. The van der Waals surface area contributed by atoms with Gasteiger partial charge in [0, 0.05) is 19.0 Å². The number of hydrogen-bond acceptors (Lipinski definition) is 4. The summed E-state index contributed by atoms with van der Waals surface area (Å²) in [7, 11) is 0. The van der Waals surface area contributed by atoms with Gasteiger partial charge in [-0.05, 0) is 30.9 Å². The molecule has 5 nitrogen and oxygen atoms in total. The van der Waals surface area contributed by atoms with Gasteiger partial charge < -0.3 is 15.0 Å². The normalized spacial score (nSPS) is 15.7. The molecule has 3 rings (SSSR count). The van der Waals surface area contributed by atoms with Crippen molar-refractivity contribution >= 4 is 0 Å². The molecule has 2 heterocycles. The average Bonchev–Trinajstić information content (AvgIpc) is 2.96. The molecule has 1 atom stereocenters. The van der Waals surface area contributed by atoms with Crippen molar-refractivity contribution in [3.05, 3.63) is 47.0 Å². The van der Waals surface area contributed by atoms with Crippen LogP contribution in [-0.4, -0.2) is 19.9 Å². The molecular weight excluding hydrogens is 264 g/mol. The maximum atomic E-state index is 9.21. The Morgan fingerprint density at radius 1 is 1.33 bits per heavy atom. The zero-order valence-corrected chi connectivity index (χ0v) is 12.4. The van der Waals surface area contributed by atoms with Gasteiger partial charge in [0.2, 0.25) is 0 Å². The molecule has 21 heavy (non-hydrogen) atoms. The first kappa shape index (κ1) is 14.2. The fraction of sp³-hybridized carbons (Fsp3) is 0.500. The highest BCUT2D eigenvalue weighted by molar-refractivity contribution is 5.25. The minimum Gasteiger partial charge on any atom is -0.392 e. The number of rotatable bonds is 5. The third-order valence-electron chi connectivity index (χ3n) is 4.14. The van der Waals surface area contributed by atoms with Gasteiger partial charge in [0.1, 0.15) is 11.6 Å². The summed E-state index contributed by atoms with van der Waals surface area (Å²) in [5.74, 6) is 2.14. The van der Waals surface area contributed by atoms with Crippen molar-refractivity contribution in [2.24, 2.45) is 0 Å². The molecule has 0 radical (unpaired) electrons. The molecule has 0 saturated heterocycles. The van der Waals surface area contributed by atoms with Crippen LogP contribution in [0.3, 0.4) is 0 Å². The summed E-state index contributed by atoms with van der Waals surface area (Å²) in [5.41, 5.74) is 2.13. The molecule has 1 aromatic heterocycles. The predicted octanol–water partition coefficient (Wildman–Crippen LogP) is 1.96. The van der Waals surface area contributed by atoms with E-state index in [4.69, 9.17) is 0 Å². The van der Waals surface area contributed by atoms with Gasteiger partial charge in [-0.15, -0.1) is 10.2 Å². The summed E-state index contributed by atoms with van der Waals surface area (Å²) in [4.78, 5) is 0. The van der Waals surface area contributed by atoms with Gasteiger partial charge in [0.15, 0.2) is 0 Å². The minimum atomic E-state index is 0.0816. The highest BCUT2D eigenvalue weighted by Gasteiger charge is 2.16. The van der Waals surface area contributed by atoms with Crippen LogP contribution in [0.25, 0.3) is 0 Å². The van der Waals surface area contributed by atoms with E-state index >= 15 is 0 Å². The largest absolute Gasteiger partial charge is 0.392 e. The van der Waals surface area contributed by atoms with Crippen LogP contribution < -0.4 is 5.32 Å². The molecule has 0 aliphatic carbocycles. The lowest BCUT2D eigenvalue weighted by atomic mass is 10.1. The maximum Gasteiger partial charge on any atom is 0.147 e. The topological polar surface area (TPSA) is 63.0 Å². The van der Waals surface area contributed by atoms with Crippen molar-refractivity contribution in [2.45, 2.75) is 51.9 Å². The summed E-state index contributed by atoms with van der Waals surface area (Å²) < 4.78 is 2.24. The molecule has 2 N–H and O–H groups in total. The van der Waals surface area contributed by atoms with Crippen LogP contribution in [0.2, 0.25) is 0 Å². The van der Waals surface area contributed by atoms with Crippen molar-refractivity contribution < 1.29 is 5.11 Å². The zero-order chi connectivity index (χ0) is 14.7. The molecule has 0 saturated carbocycles. The van der Waals surface area contributed by atoms with Crippen LogP contribution in [0, 0.1) is 0 Å². The minimum absolute atomic E-state index is 0.0816. The van der Waals surface area contributed by atoms with Gasteiger partial charge in [-0.3, -0.25) is 0 Å². The van der Waals surface area contributed by atoms with E-state index in [1.165, 1.54) is 18.4 Å². The molecule has 1 aromatic carbocycles. The van der Waals surface area contributed by atoms with E-state index in [0.717, 1.165) is 36.7 Å². The smallest absolute Gasteiger partial charge is 0.147 e. The highest BCUT2D eigenvalue weighted by atomic mass is 16.3. The van der Waals surface area contributed by atoms with Crippen molar-refractivity contribution in [3.8, 4) is 0 Å². The second kappa shape index (κ2) is 6.37. The van der Waals surface area contributed by atoms with Gasteiger partial charge >= 0.3 is 0 Å². The number of aromatic nitrogens is 3. The molecule has 0 bridgehead atoms. The molecule has 5 heteroatoms. The summed E-state index contributed by atoms with van der Waals surface area (Å²) in [6, 6.07) is 8.25. The standard InChI is InChI=1S/C16H22N4O/c1-12(14-6-4-5-13(9-14)11-21)17-10-16-19-18-15-7-2-3-8-20(15)16/h4-6,9,12,17,21H,2-3,7-8,10-11H2,1H3. The Balaban J connectivity index is 1.65. The fourth-order valence-corrected chi connectivity index (χ4v) is 2.82. The number of fused-ring (bicyclic) bond motifs is 1. The summed E-state index contributed by atoms with van der Waals surface area (Å²) >= 11 is 0. The predicted molar refractivity (Wildman–Crippen MR) is 80.6 cm³/mol. The average molecular weight is 286 g/mol. The van der Waals surface area contributed by atoms with E-state index in [9.17, 15) is 5.11 Å². The second-order valence-electron chi connectivity index (χ2n) is 5.65. The van der Waals surface area contributed by atoms with Gasteiger partial charge in [0.25, 0.3) is 0 Å². The van der Waals surface area contributed by atoms with E-state index in [1.807, 2.05) is 18.2 Å². The van der Waals surface area contributed by atoms with Gasteiger partial charge in [0.05, 0.1) is 13.2 Å². The molecule has 0 fully saturated rings. The Labute approximate surface area is 125 Å². The van der Waals surface area contributed by atoms with E-state index < -0.39 is 0 Å². The number of hydrogen-bond donors (Lipinski definition) is 2. The van der Waals surface area contributed by atoms with Gasteiger partial charge in [-0.25, -0.2) is 0 Å². The van der Waals surface area contributed by atoms with Gasteiger partial charge in [-0.1, -0.05) is 24.3 Å². The number of aliphatic hydroxyl groups excluding tert-OH is 1. The molecule has 1 unspecified atom stereocenters. The molecule has 0 spiro atoms. The summed E-state index contributed by atoms with van der Waals surface area (Å²) in [5, 5.41) is 21.3. The lowest BCUT2D eigenvalue weighted by molar-refractivity contribution is 0.281. The number of nitrogens with one attached hydrogen (secondary N) is 1. The molecule has 2 aromatic rings. The third-order valence-corrected chi connectivity index (χ3v) is 4.14. The maximum absolute atomic E-state index is 9.21. The molecule has 1 aliphatic rings. The number of benzene rings is 1. The Morgan fingerprint density at radius 3 is 3.10 bits per heavy atom. The zero-order valence-electron chi connectivity index (χ0n) is 12.4. The van der Waals surface area contributed by atoms with Crippen molar-refractivity contribution in [1.82, 2.24) is 20.1 Å². The molecule has 0 amide bonds. The lowest BCUT2D eigenvalue weighted by Crippen LogP contribution is -2.22. The molecular formula is C16H22N4O. The highest BCUT2D eigenvalue weighted by Crippen LogP contribution is 2.17. The van der Waals surface area contributed by atoms with E-state index in [2.05, 4.69) is 33.1 Å². The van der Waals surface area contributed by atoms with Crippen molar-refractivity contribution in [1.29, 1.82) is 0 Å². The van der Waals surface area contributed by atoms with Crippen LogP contribution in [0.15, 0.2) is 24.3 Å². The lowest BCUT2D eigenvalue weighted by Gasteiger charge is -2.17. The van der Waals surface area contributed by atoms with E-state index in [0.29, 0.717) is 0 Å². The van der Waals surface area contributed by atoms with Crippen LogP contribution in [-0.2, 0) is 26.1 Å². The number of nitrogens with zero attached hydrogens (tertiary/aromatic N) is 3. The van der Waals surface area contributed by atoms with Crippen LogP contribution in [0.1, 0.15) is 48.6 Å². The Bertz CT molecular complexity index is 608. The molecule has 112 valence electrons. The summed E-state index contributed by atoms with van der Waals surface area (Å²) in [6.07, 6.45) is 3.48. The Hall–Kier alpha value is -1.72. The Kier molecular flexibility index (Phi) is 4.31. The van der Waals surface area contributed by atoms with E-state index in [1.54, 1.807) is 0 Å². The number of aliphatic hydroxyl groups is 1. The van der Waals surface area contributed by atoms with Crippen molar-refractivity contribution in [2.75, 3.05) is 0 Å². The van der Waals surface area contributed by atoms with Crippen LogP contribution >= 0.6 is 0 Å². The second-order valence-corrected chi connectivity index (χ2v) is 5.65. The number of aryl methyl sites for hydroxylation is 1. The first-order valence-electron chi connectivity index (χ1n) is 7.62. The molecule has 1 aliphatic heterocycles. The summed E-state index contributed by atoms with van der Waals surface area (Å²) in [6.45, 7) is 3.97. The van der Waals surface area contributed by atoms with Crippen LogP contribution in [0.4, 0.5) is 0 Å². The third kappa shape index (κ3) is 3.14. The van der Waals surface area contributed by atoms with Crippen molar-refractivity contribution in [3.63, 3.8) is 0 Å². The first-order valence-corrected chi connectivity index (χ1v) is 7.62.